The number of nitrogens with zero attached hydrogens (tertiary/aromatic N) is 1. The number of rotatable bonds is 4. The third kappa shape index (κ3) is 4.52. The fourth-order valence-electron chi connectivity index (χ4n) is 2.31. The Kier molecular flexibility index (Phi) is 5.71. The smallest absolute Gasteiger partial charge is 0.206 e. The molecule has 0 aliphatic heterocycles. The lowest BCUT2D eigenvalue weighted by molar-refractivity contribution is 0.184. The van der Waals surface area contributed by atoms with Crippen LogP contribution in [0.5, 0.6) is 0 Å². The normalized spacial score (nSPS) is 24.5. The van der Waals surface area contributed by atoms with E-state index >= 15 is 0 Å². The van der Waals surface area contributed by atoms with Crippen molar-refractivity contribution in [3.8, 4) is 0 Å². The van der Waals surface area contributed by atoms with Crippen molar-refractivity contribution in [1.29, 1.82) is 0 Å². The van der Waals surface area contributed by atoms with Crippen molar-refractivity contribution < 1.29 is 4.74 Å². The maximum absolute atomic E-state index is 5.48. The number of ether oxygens (including phenoxy) is 1. The number of methoxy groups -OCH3 is 1. The van der Waals surface area contributed by atoms with Crippen molar-refractivity contribution in [3.05, 3.63) is 0 Å². The maximum atomic E-state index is 5.48. The molecule has 1 rings (SSSR count). The molecule has 1 atom stereocenters. The zero-order valence-electron chi connectivity index (χ0n) is 11.3. The van der Waals surface area contributed by atoms with Gasteiger partial charge in [0.15, 0.2) is 0 Å². The van der Waals surface area contributed by atoms with E-state index in [1.807, 2.05) is 0 Å². The first kappa shape index (κ1) is 14.3. The van der Waals surface area contributed by atoms with Crippen molar-refractivity contribution in [2.24, 2.45) is 16.3 Å². The Labute approximate surface area is 104 Å². The minimum atomic E-state index is 0.303. The molecule has 100 valence electrons. The minimum Gasteiger partial charge on any atom is -0.383 e. The summed E-state index contributed by atoms with van der Waals surface area (Å²) in [5.41, 5.74) is 2.93. The van der Waals surface area contributed by atoms with Crippen molar-refractivity contribution >= 4 is 5.96 Å². The van der Waals surface area contributed by atoms with E-state index in [0.717, 1.165) is 0 Å². The van der Waals surface area contributed by atoms with Gasteiger partial charge in [0.2, 0.25) is 5.96 Å². The molecule has 17 heavy (non-hydrogen) atoms. The van der Waals surface area contributed by atoms with Gasteiger partial charge in [-0.3, -0.25) is 5.43 Å². The molecule has 5 nitrogen and oxygen atoms in total. The quantitative estimate of drug-likeness (QED) is 0.226. The van der Waals surface area contributed by atoms with Crippen LogP contribution in [0.3, 0.4) is 0 Å². The summed E-state index contributed by atoms with van der Waals surface area (Å²) in [4.78, 5) is 4.34. The molecule has 0 saturated heterocycles. The fourth-order valence-corrected chi connectivity index (χ4v) is 2.31. The number of hydrogen-bond donors (Lipinski definition) is 3. The third-order valence-electron chi connectivity index (χ3n) is 3.52. The van der Waals surface area contributed by atoms with E-state index in [1.54, 1.807) is 7.11 Å². The Morgan fingerprint density at radius 3 is 2.82 bits per heavy atom. The molecule has 1 unspecified atom stereocenters. The molecule has 1 aliphatic rings. The van der Waals surface area contributed by atoms with Gasteiger partial charge in [-0.2, -0.15) is 0 Å². The molecular weight excluding hydrogens is 216 g/mol. The van der Waals surface area contributed by atoms with Crippen molar-refractivity contribution in [3.63, 3.8) is 0 Å². The van der Waals surface area contributed by atoms with Crippen LogP contribution in [0.2, 0.25) is 0 Å². The molecule has 0 aromatic heterocycles. The van der Waals surface area contributed by atoms with Crippen LogP contribution in [-0.2, 0) is 4.74 Å². The summed E-state index contributed by atoms with van der Waals surface area (Å²) in [7, 11) is 1.67. The molecule has 0 aromatic rings. The zero-order chi connectivity index (χ0) is 12.7. The summed E-state index contributed by atoms with van der Waals surface area (Å²) in [6.45, 7) is 5.83. The first-order valence-corrected chi connectivity index (χ1v) is 6.36. The molecule has 0 amide bonds. The summed E-state index contributed by atoms with van der Waals surface area (Å²) in [5, 5.41) is 3.41. The molecule has 1 fully saturated rings. The number of nitrogens with one attached hydrogen (secondary N) is 2. The monoisotopic (exact) mass is 242 g/mol. The molecule has 0 spiro atoms. The molecule has 0 radical (unpaired) electrons. The van der Waals surface area contributed by atoms with Gasteiger partial charge in [0.05, 0.1) is 13.2 Å². The van der Waals surface area contributed by atoms with Crippen LogP contribution in [0.1, 0.15) is 39.5 Å². The molecular formula is C12H26N4O. The van der Waals surface area contributed by atoms with Gasteiger partial charge < -0.3 is 10.1 Å². The second kappa shape index (κ2) is 6.81. The highest BCUT2D eigenvalue weighted by molar-refractivity contribution is 5.79. The number of aliphatic imine (C=N–C) groups is 1. The standard InChI is InChI=1S/C12H26N4O/c1-12(2)7-5-4-6-10(12)15-11(16-13)14-8-9-17-3/h10H,4-9,13H2,1-3H3,(H2,14,15,16). The Morgan fingerprint density at radius 1 is 1.47 bits per heavy atom. The third-order valence-corrected chi connectivity index (χ3v) is 3.52. The summed E-state index contributed by atoms with van der Waals surface area (Å²) >= 11 is 0. The second-order valence-electron chi connectivity index (χ2n) is 5.30. The van der Waals surface area contributed by atoms with Crippen LogP contribution >= 0.6 is 0 Å². The van der Waals surface area contributed by atoms with E-state index in [1.165, 1.54) is 25.7 Å². The number of nitrogens with two attached hydrogens (primary N) is 1. The van der Waals surface area contributed by atoms with Crippen LogP contribution in [0.4, 0.5) is 0 Å². The zero-order valence-corrected chi connectivity index (χ0v) is 11.3. The molecule has 0 heterocycles. The first-order valence-electron chi connectivity index (χ1n) is 6.36. The van der Waals surface area contributed by atoms with Crippen LogP contribution in [0, 0.1) is 5.41 Å². The lowest BCUT2D eigenvalue weighted by Gasteiger charge is -2.39. The molecule has 0 bridgehead atoms. The van der Waals surface area contributed by atoms with E-state index in [0.29, 0.717) is 30.6 Å². The molecule has 0 aromatic carbocycles. The van der Waals surface area contributed by atoms with E-state index in [-0.39, 0.29) is 0 Å². The Balaban J connectivity index is 2.51. The van der Waals surface area contributed by atoms with Crippen LogP contribution < -0.4 is 16.6 Å². The lowest BCUT2D eigenvalue weighted by Crippen LogP contribution is -2.52. The topological polar surface area (TPSA) is 71.7 Å². The molecule has 1 aliphatic carbocycles. The summed E-state index contributed by atoms with van der Waals surface area (Å²) in [6.07, 6.45) is 5.02. The second-order valence-corrected chi connectivity index (χ2v) is 5.30. The van der Waals surface area contributed by atoms with Crippen LogP contribution in [-0.4, -0.2) is 32.3 Å². The number of hydrazine groups is 1. The Morgan fingerprint density at radius 2 is 2.24 bits per heavy atom. The average molecular weight is 242 g/mol. The Hall–Kier alpha value is -0.810. The van der Waals surface area contributed by atoms with Crippen molar-refractivity contribution in [2.45, 2.75) is 45.6 Å². The SMILES string of the molecule is COCCN=C(NN)NC1CCCCC1(C)C. The van der Waals surface area contributed by atoms with E-state index < -0.39 is 0 Å². The van der Waals surface area contributed by atoms with Gasteiger partial charge in [-0.25, -0.2) is 10.8 Å². The number of hydrogen-bond acceptors (Lipinski definition) is 3. The van der Waals surface area contributed by atoms with E-state index in [4.69, 9.17) is 10.6 Å². The van der Waals surface area contributed by atoms with Gasteiger partial charge in [0.1, 0.15) is 0 Å². The number of guanidine groups is 1. The minimum absolute atomic E-state index is 0.303. The molecule has 5 heteroatoms. The van der Waals surface area contributed by atoms with Crippen molar-refractivity contribution in [2.75, 3.05) is 20.3 Å². The molecule has 4 N–H and O–H groups in total. The maximum Gasteiger partial charge on any atom is 0.206 e. The average Bonchev–Trinajstić information content (AvgIpc) is 2.30. The summed E-state index contributed by atoms with van der Waals surface area (Å²) in [5.74, 6) is 6.15. The predicted molar refractivity (Wildman–Crippen MR) is 70.7 cm³/mol. The van der Waals surface area contributed by atoms with Gasteiger partial charge in [-0.1, -0.05) is 26.7 Å². The van der Waals surface area contributed by atoms with Crippen LogP contribution in [0.25, 0.3) is 0 Å². The fraction of sp³-hybridized carbons (Fsp3) is 0.917. The summed E-state index contributed by atoms with van der Waals surface area (Å²) < 4.78 is 4.96. The van der Waals surface area contributed by atoms with Gasteiger partial charge in [-0.15, -0.1) is 0 Å². The van der Waals surface area contributed by atoms with Gasteiger partial charge >= 0.3 is 0 Å². The van der Waals surface area contributed by atoms with E-state index in [2.05, 4.69) is 29.6 Å². The van der Waals surface area contributed by atoms with Gasteiger partial charge in [-0.05, 0) is 18.3 Å². The van der Waals surface area contributed by atoms with Gasteiger partial charge in [0, 0.05) is 13.2 Å². The van der Waals surface area contributed by atoms with E-state index in [9.17, 15) is 0 Å². The van der Waals surface area contributed by atoms with Gasteiger partial charge in [0.25, 0.3) is 0 Å². The highest BCUT2D eigenvalue weighted by atomic mass is 16.5. The summed E-state index contributed by atoms with van der Waals surface area (Å²) in [6, 6.07) is 0.439. The first-order chi connectivity index (χ1) is 8.10. The molecule has 1 saturated carbocycles. The Bertz CT molecular complexity index is 253. The van der Waals surface area contributed by atoms with Crippen LogP contribution in [0.15, 0.2) is 4.99 Å². The largest absolute Gasteiger partial charge is 0.383 e. The lowest BCUT2D eigenvalue weighted by atomic mass is 9.73. The van der Waals surface area contributed by atoms with Crippen molar-refractivity contribution in [1.82, 2.24) is 10.7 Å². The highest BCUT2D eigenvalue weighted by Crippen LogP contribution is 2.35. The predicted octanol–water partition coefficient (Wildman–Crippen LogP) is 1.01. The highest BCUT2D eigenvalue weighted by Gasteiger charge is 2.32.